The molecule has 134 valence electrons. The molecule has 1 unspecified atom stereocenters. The molecule has 2 aromatic heterocycles. The third-order valence-corrected chi connectivity index (χ3v) is 5.71. The third-order valence-electron chi connectivity index (χ3n) is 5.71. The molecule has 4 aromatic rings. The highest BCUT2D eigenvalue weighted by atomic mass is 16.5. The van der Waals surface area contributed by atoms with E-state index in [0.717, 1.165) is 42.7 Å². The number of hydrogen-bond acceptors (Lipinski definition) is 3. The smallest absolute Gasteiger partial charge is 0.214 e. The van der Waals surface area contributed by atoms with E-state index in [9.17, 15) is 0 Å². The molecule has 2 aromatic carbocycles. The standard InChI is InChI=1S/C23H21N3O/c1-2-6-16-14(4-1)5-3-7-17(16)22-23-18(12-13-24-22)21-19(25-23)10-11-20(26-21)27-15-8-9-15/h1-7,10-11,15,22,24-25H,8-9,12-13H2. The zero-order valence-electron chi connectivity index (χ0n) is 15.0. The molecule has 1 fully saturated rings. The van der Waals surface area contributed by atoms with Crippen LogP contribution in [0.5, 0.6) is 5.88 Å². The quantitative estimate of drug-likeness (QED) is 0.569. The monoisotopic (exact) mass is 355 g/mol. The van der Waals surface area contributed by atoms with E-state index < -0.39 is 0 Å². The fourth-order valence-corrected chi connectivity index (χ4v) is 4.25. The molecule has 0 saturated heterocycles. The summed E-state index contributed by atoms with van der Waals surface area (Å²) in [6.45, 7) is 0.948. The number of rotatable bonds is 3. The zero-order valence-corrected chi connectivity index (χ0v) is 15.0. The van der Waals surface area contributed by atoms with Gasteiger partial charge in [0, 0.05) is 23.9 Å². The van der Waals surface area contributed by atoms with Gasteiger partial charge >= 0.3 is 0 Å². The minimum absolute atomic E-state index is 0.154. The number of ether oxygens (including phenoxy) is 1. The first-order valence-corrected chi connectivity index (χ1v) is 9.76. The summed E-state index contributed by atoms with van der Waals surface area (Å²) in [5.74, 6) is 0.757. The minimum atomic E-state index is 0.154. The van der Waals surface area contributed by atoms with E-state index in [-0.39, 0.29) is 6.04 Å². The van der Waals surface area contributed by atoms with E-state index in [1.165, 1.54) is 27.6 Å². The minimum Gasteiger partial charge on any atom is -0.474 e. The number of H-pyrrole nitrogens is 1. The number of aromatic amines is 1. The van der Waals surface area contributed by atoms with Gasteiger partial charge in [0.05, 0.1) is 17.1 Å². The Morgan fingerprint density at radius 1 is 0.963 bits per heavy atom. The van der Waals surface area contributed by atoms with Gasteiger partial charge in [0.1, 0.15) is 6.10 Å². The molecule has 0 spiro atoms. The lowest BCUT2D eigenvalue weighted by atomic mass is 9.92. The second-order valence-electron chi connectivity index (χ2n) is 7.59. The lowest BCUT2D eigenvalue weighted by Crippen LogP contribution is -2.30. The molecule has 4 nitrogen and oxygen atoms in total. The molecule has 2 N–H and O–H groups in total. The zero-order chi connectivity index (χ0) is 17.8. The summed E-state index contributed by atoms with van der Waals surface area (Å²) in [6.07, 6.45) is 3.65. The predicted octanol–water partition coefficient (Wildman–Crippen LogP) is 4.49. The summed E-state index contributed by atoms with van der Waals surface area (Å²) >= 11 is 0. The van der Waals surface area contributed by atoms with E-state index >= 15 is 0 Å². The summed E-state index contributed by atoms with van der Waals surface area (Å²) in [6, 6.07) is 19.4. The van der Waals surface area contributed by atoms with Crippen LogP contribution < -0.4 is 10.1 Å². The van der Waals surface area contributed by atoms with Gasteiger partial charge in [0.25, 0.3) is 0 Å². The van der Waals surface area contributed by atoms with Crippen molar-refractivity contribution in [3.8, 4) is 5.88 Å². The number of benzene rings is 2. The first-order valence-electron chi connectivity index (χ1n) is 9.76. The Balaban J connectivity index is 1.50. The van der Waals surface area contributed by atoms with E-state index in [4.69, 9.17) is 9.72 Å². The van der Waals surface area contributed by atoms with Crippen LogP contribution in [-0.4, -0.2) is 22.6 Å². The highest BCUT2D eigenvalue weighted by Crippen LogP contribution is 2.36. The molecule has 1 aliphatic heterocycles. The Labute approximate surface area is 157 Å². The highest BCUT2D eigenvalue weighted by molar-refractivity contribution is 5.87. The van der Waals surface area contributed by atoms with Crippen molar-refractivity contribution >= 4 is 21.8 Å². The normalized spacial score (nSPS) is 19.3. The number of hydrogen-bond donors (Lipinski definition) is 2. The van der Waals surface area contributed by atoms with Gasteiger partial charge in [-0.05, 0) is 41.7 Å². The number of aromatic nitrogens is 2. The second-order valence-corrected chi connectivity index (χ2v) is 7.59. The number of nitrogens with zero attached hydrogens (tertiary/aromatic N) is 1. The van der Waals surface area contributed by atoms with Crippen LogP contribution in [0.2, 0.25) is 0 Å². The molecule has 4 heteroatoms. The Bertz CT molecular complexity index is 1150. The van der Waals surface area contributed by atoms with Crippen molar-refractivity contribution in [2.75, 3.05) is 6.54 Å². The summed E-state index contributed by atoms with van der Waals surface area (Å²) in [5.41, 5.74) is 6.04. The molecule has 0 radical (unpaired) electrons. The van der Waals surface area contributed by atoms with Crippen LogP contribution in [0.1, 0.15) is 35.7 Å². The molecule has 3 heterocycles. The van der Waals surface area contributed by atoms with Crippen LogP contribution in [0.4, 0.5) is 0 Å². The van der Waals surface area contributed by atoms with Crippen molar-refractivity contribution in [1.82, 2.24) is 15.3 Å². The molecule has 1 aliphatic carbocycles. The number of nitrogens with one attached hydrogen (secondary N) is 2. The van der Waals surface area contributed by atoms with Crippen LogP contribution >= 0.6 is 0 Å². The molecule has 2 aliphatic rings. The Hall–Kier alpha value is -2.85. The van der Waals surface area contributed by atoms with Crippen LogP contribution in [0.25, 0.3) is 21.8 Å². The number of fused-ring (bicyclic) bond motifs is 4. The van der Waals surface area contributed by atoms with E-state index in [2.05, 4.69) is 58.8 Å². The third kappa shape index (κ3) is 2.52. The predicted molar refractivity (Wildman–Crippen MR) is 107 cm³/mol. The van der Waals surface area contributed by atoms with Gasteiger partial charge < -0.3 is 15.0 Å². The molecule has 1 atom stereocenters. The Morgan fingerprint density at radius 2 is 1.85 bits per heavy atom. The number of pyridine rings is 1. The molecule has 0 amide bonds. The van der Waals surface area contributed by atoms with Crippen molar-refractivity contribution in [3.05, 3.63) is 71.4 Å². The average molecular weight is 355 g/mol. The van der Waals surface area contributed by atoms with Crippen LogP contribution in [0.3, 0.4) is 0 Å². The fraction of sp³-hybridized carbons (Fsp3) is 0.261. The first-order chi connectivity index (χ1) is 13.4. The van der Waals surface area contributed by atoms with Crippen molar-refractivity contribution < 1.29 is 4.74 Å². The van der Waals surface area contributed by atoms with Crippen molar-refractivity contribution in [2.24, 2.45) is 0 Å². The van der Waals surface area contributed by atoms with Gasteiger partial charge in [0.15, 0.2) is 0 Å². The summed E-state index contributed by atoms with van der Waals surface area (Å²) in [5, 5.41) is 6.29. The topological polar surface area (TPSA) is 49.9 Å². The maximum atomic E-state index is 5.92. The average Bonchev–Trinajstić information content (AvgIpc) is 3.45. The first kappa shape index (κ1) is 15.2. The largest absolute Gasteiger partial charge is 0.474 e. The van der Waals surface area contributed by atoms with Gasteiger partial charge in [-0.15, -0.1) is 0 Å². The van der Waals surface area contributed by atoms with Gasteiger partial charge in [0.2, 0.25) is 5.88 Å². The van der Waals surface area contributed by atoms with E-state index in [0.29, 0.717) is 6.10 Å². The molecular weight excluding hydrogens is 334 g/mol. The van der Waals surface area contributed by atoms with Gasteiger partial charge in [-0.2, -0.15) is 0 Å². The maximum absolute atomic E-state index is 5.92. The molecule has 6 rings (SSSR count). The van der Waals surface area contributed by atoms with Crippen LogP contribution in [0.15, 0.2) is 54.6 Å². The lowest BCUT2D eigenvalue weighted by Gasteiger charge is -2.25. The van der Waals surface area contributed by atoms with Gasteiger partial charge in [-0.3, -0.25) is 0 Å². The molecular formula is C23H21N3O. The van der Waals surface area contributed by atoms with Crippen LogP contribution in [0, 0.1) is 0 Å². The van der Waals surface area contributed by atoms with Crippen molar-refractivity contribution in [1.29, 1.82) is 0 Å². The maximum Gasteiger partial charge on any atom is 0.214 e. The summed E-state index contributed by atoms with van der Waals surface area (Å²) in [7, 11) is 0. The van der Waals surface area contributed by atoms with E-state index in [1.54, 1.807) is 0 Å². The SMILES string of the molecule is c1ccc2c(C3NCCc4c3[nH]c3ccc(OC5CC5)nc43)cccc2c1. The summed E-state index contributed by atoms with van der Waals surface area (Å²) in [4.78, 5) is 8.48. The second kappa shape index (κ2) is 5.83. The van der Waals surface area contributed by atoms with E-state index in [1.807, 2.05) is 6.07 Å². The van der Waals surface area contributed by atoms with Gasteiger partial charge in [-0.1, -0.05) is 42.5 Å². The van der Waals surface area contributed by atoms with Crippen molar-refractivity contribution in [2.45, 2.75) is 31.4 Å². The summed E-state index contributed by atoms with van der Waals surface area (Å²) < 4.78 is 5.92. The van der Waals surface area contributed by atoms with Crippen molar-refractivity contribution in [3.63, 3.8) is 0 Å². The lowest BCUT2D eigenvalue weighted by molar-refractivity contribution is 0.292. The molecule has 27 heavy (non-hydrogen) atoms. The Kier molecular flexibility index (Phi) is 3.29. The fourth-order valence-electron chi connectivity index (χ4n) is 4.25. The molecule has 1 saturated carbocycles. The Morgan fingerprint density at radius 3 is 2.78 bits per heavy atom. The highest BCUT2D eigenvalue weighted by Gasteiger charge is 2.28. The molecule has 0 bridgehead atoms. The van der Waals surface area contributed by atoms with Crippen LogP contribution in [-0.2, 0) is 6.42 Å². The van der Waals surface area contributed by atoms with Gasteiger partial charge in [-0.25, -0.2) is 4.98 Å².